The number of hydrogen-bond donors (Lipinski definition) is 0. The maximum absolute atomic E-state index is 2.68. The average Bonchev–Trinajstić information content (AvgIpc) is 4.10. The Hall–Kier alpha value is -7.94. The first-order valence-corrected chi connectivity index (χ1v) is 27.3. The molecule has 11 aromatic rings. The largest absolute Gasteiger partial charge is 0.334 e. The Morgan fingerprint density at radius 1 is 0.338 bits per heavy atom. The molecular weight excluding hydrogens is 893 g/mol. The summed E-state index contributed by atoms with van der Waals surface area (Å²) in [5.74, 6) is 2.09. The number of hydrogen-bond acceptors (Lipinski definition) is 2. The van der Waals surface area contributed by atoms with Gasteiger partial charge in [-0.25, -0.2) is 0 Å². The number of benzene rings is 11. The molecular formula is C72H60N2. The van der Waals surface area contributed by atoms with E-state index in [1.165, 1.54) is 147 Å². The van der Waals surface area contributed by atoms with Gasteiger partial charge in [0.05, 0.1) is 11.1 Å². The Labute approximate surface area is 435 Å². The molecule has 0 bridgehead atoms. The van der Waals surface area contributed by atoms with Crippen LogP contribution >= 0.6 is 0 Å². The minimum Gasteiger partial charge on any atom is -0.334 e. The molecule has 2 aliphatic carbocycles. The van der Waals surface area contributed by atoms with E-state index >= 15 is 0 Å². The van der Waals surface area contributed by atoms with Gasteiger partial charge in [0.15, 0.2) is 0 Å². The van der Waals surface area contributed by atoms with Crippen LogP contribution in [0.1, 0.15) is 76.3 Å². The molecule has 6 unspecified atom stereocenters. The molecule has 0 radical (unpaired) electrons. The summed E-state index contributed by atoms with van der Waals surface area (Å²) in [5.41, 5.74) is 18.5. The van der Waals surface area contributed by atoms with Crippen LogP contribution in [0.15, 0.2) is 218 Å². The molecule has 0 N–H and O–H groups in total. The molecule has 2 fully saturated rings. The van der Waals surface area contributed by atoms with Crippen molar-refractivity contribution in [1.29, 1.82) is 0 Å². The molecule has 358 valence electrons. The van der Waals surface area contributed by atoms with Crippen molar-refractivity contribution >= 4 is 65.8 Å². The molecule has 6 atom stereocenters. The van der Waals surface area contributed by atoms with Crippen LogP contribution in [0, 0.1) is 11.8 Å². The summed E-state index contributed by atoms with van der Waals surface area (Å²) < 4.78 is 0. The number of para-hydroxylation sites is 2. The maximum atomic E-state index is 2.68. The SMILES string of the molecule is CC1CCC2c3cc(-c4ccc5c(-c6cccc7ccccc67)c6cc(-c7ccc8c(c7)C7CCC(C)C7(C)N8c7ccccc7)ccc6c(-c6cccc7ccccc67)c5c4)ccc3N(c3ccccc3)C12C. The second kappa shape index (κ2) is 16.3. The van der Waals surface area contributed by atoms with Crippen LogP contribution in [0.3, 0.4) is 0 Å². The van der Waals surface area contributed by atoms with Gasteiger partial charge in [-0.2, -0.15) is 0 Å². The quantitative estimate of drug-likeness (QED) is 0.153. The Bertz CT molecular complexity index is 3800. The zero-order chi connectivity index (χ0) is 49.5. The van der Waals surface area contributed by atoms with Crippen LogP contribution in [-0.2, 0) is 0 Å². The monoisotopic (exact) mass is 952 g/mol. The van der Waals surface area contributed by atoms with Gasteiger partial charge in [-0.1, -0.05) is 172 Å². The Kier molecular flexibility index (Phi) is 9.60. The van der Waals surface area contributed by atoms with Gasteiger partial charge in [-0.3, -0.25) is 0 Å². The minimum absolute atomic E-state index is 0.0241. The van der Waals surface area contributed by atoms with Crippen molar-refractivity contribution in [3.05, 3.63) is 230 Å². The summed E-state index contributed by atoms with van der Waals surface area (Å²) >= 11 is 0. The van der Waals surface area contributed by atoms with E-state index in [0.717, 1.165) is 0 Å². The Morgan fingerprint density at radius 3 is 1.16 bits per heavy atom. The van der Waals surface area contributed by atoms with E-state index in [-0.39, 0.29) is 11.1 Å². The lowest BCUT2D eigenvalue weighted by molar-refractivity contribution is 0.355. The van der Waals surface area contributed by atoms with Crippen LogP contribution in [0.4, 0.5) is 22.7 Å². The molecule has 2 saturated carbocycles. The first-order valence-electron chi connectivity index (χ1n) is 27.3. The molecule has 11 aromatic carbocycles. The standard InChI is InChI=1S/C72H60N2/c1-45-29-37-65-63-43-51(33-39-67(63)73(71(45,65)3)53-21-7-5-8-22-53)49-31-35-59-61(41-49)69(57-27-15-19-47-17-11-13-25-55(47)57)60-36-32-50(42-62(60)70(59)58-28-16-20-48-18-12-14-26-56(48)58)52-34-40-68-64(44-52)66-38-30-46(2)72(66,4)74(68)54-23-9-6-10-24-54/h5-28,31-36,39-46,65-66H,29-30,37-38H2,1-4H3. The van der Waals surface area contributed by atoms with E-state index in [1.807, 2.05) is 0 Å². The normalized spacial score (nSPS) is 22.7. The number of fused-ring (bicyclic) bond motifs is 10. The van der Waals surface area contributed by atoms with E-state index in [2.05, 4.69) is 256 Å². The zero-order valence-electron chi connectivity index (χ0n) is 42.8. The highest BCUT2D eigenvalue weighted by atomic mass is 15.3. The number of anilines is 4. The van der Waals surface area contributed by atoms with Crippen molar-refractivity contribution in [2.45, 2.75) is 76.3 Å². The molecule has 74 heavy (non-hydrogen) atoms. The van der Waals surface area contributed by atoms with Gasteiger partial charge in [0.1, 0.15) is 0 Å². The summed E-state index contributed by atoms with van der Waals surface area (Å²) in [7, 11) is 0. The van der Waals surface area contributed by atoms with Gasteiger partial charge >= 0.3 is 0 Å². The third-order valence-corrected chi connectivity index (χ3v) is 19.4. The van der Waals surface area contributed by atoms with Crippen molar-refractivity contribution in [3.8, 4) is 44.5 Å². The number of nitrogens with zero attached hydrogens (tertiary/aromatic N) is 2. The highest BCUT2D eigenvalue weighted by molar-refractivity contribution is 6.26. The highest BCUT2D eigenvalue weighted by Gasteiger charge is 2.56. The van der Waals surface area contributed by atoms with E-state index in [0.29, 0.717) is 23.7 Å². The van der Waals surface area contributed by atoms with Gasteiger partial charge < -0.3 is 9.80 Å². The van der Waals surface area contributed by atoms with Gasteiger partial charge in [-0.15, -0.1) is 0 Å². The summed E-state index contributed by atoms with van der Waals surface area (Å²) in [4.78, 5) is 5.36. The molecule has 2 nitrogen and oxygen atoms in total. The van der Waals surface area contributed by atoms with Gasteiger partial charge in [0, 0.05) is 34.6 Å². The first kappa shape index (κ1) is 43.6. The maximum Gasteiger partial charge on any atom is 0.0518 e. The fourth-order valence-electron chi connectivity index (χ4n) is 15.4. The Morgan fingerprint density at radius 2 is 0.716 bits per heavy atom. The van der Waals surface area contributed by atoms with E-state index < -0.39 is 0 Å². The summed E-state index contributed by atoms with van der Waals surface area (Å²) in [6, 6.07) is 83.5. The molecule has 2 heteroatoms. The molecule has 2 heterocycles. The van der Waals surface area contributed by atoms with Crippen LogP contribution in [-0.4, -0.2) is 11.1 Å². The zero-order valence-corrected chi connectivity index (χ0v) is 42.8. The first-order chi connectivity index (χ1) is 36.3. The third-order valence-electron chi connectivity index (χ3n) is 19.4. The fourth-order valence-corrected chi connectivity index (χ4v) is 15.4. The van der Waals surface area contributed by atoms with Crippen molar-refractivity contribution in [1.82, 2.24) is 0 Å². The van der Waals surface area contributed by atoms with Gasteiger partial charge in [0.25, 0.3) is 0 Å². The smallest absolute Gasteiger partial charge is 0.0518 e. The van der Waals surface area contributed by atoms with Crippen molar-refractivity contribution in [3.63, 3.8) is 0 Å². The van der Waals surface area contributed by atoms with E-state index in [1.54, 1.807) is 0 Å². The summed E-state index contributed by atoms with van der Waals surface area (Å²) in [6.45, 7) is 9.99. The predicted octanol–water partition coefficient (Wildman–Crippen LogP) is 19.8. The summed E-state index contributed by atoms with van der Waals surface area (Å²) in [6.07, 6.45) is 4.89. The van der Waals surface area contributed by atoms with Gasteiger partial charge in [0.2, 0.25) is 0 Å². The topological polar surface area (TPSA) is 6.48 Å². The molecule has 0 amide bonds. The fraction of sp³-hybridized carbons (Fsp3) is 0.194. The number of rotatable bonds is 6. The third kappa shape index (κ3) is 6.12. The lowest BCUT2D eigenvalue weighted by Gasteiger charge is -2.41. The van der Waals surface area contributed by atoms with Crippen molar-refractivity contribution in [2.24, 2.45) is 11.8 Å². The minimum atomic E-state index is 0.0241. The van der Waals surface area contributed by atoms with Crippen LogP contribution in [0.2, 0.25) is 0 Å². The van der Waals surface area contributed by atoms with Crippen molar-refractivity contribution < 1.29 is 0 Å². The molecule has 0 spiro atoms. The van der Waals surface area contributed by atoms with Crippen LogP contribution in [0.5, 0.6) is 0 Å². The van der Waals surface area contributed by atoms with E-state index in [4.69, 9.17) is 0 Å². The lowest BCUT2D eigenvalue weighted by atomic mass is 9.80. The predicted molar refractivity (Wildman–Crippen MR) is 314 cm³/mol. The van der Waals surface area contributed by atoms with Crippen LogP contribution in [0.25, 0.3) is 87.6 Å². The highest BCUT2D eigenvalue weighted by Crippen LogP contribution is 2.63. The summed E-state index contributed by atoms with van der Waals surface area (Å²) in [5, 5.41) is 10.2. The molecule has 4 aliphatic rings. The molecule has 0 saturated heterocycles. The second-order valence-corrected chi connectivity index (χ2v) is 22.7. The van der Waals surface area contributed by atoms with Crippen molar-refractivity contribution in [2.75, 3.05) is 9.80 Å². The molecule has 0 aromatic heterocycles. The second-order valence-electron chi connectivity index (χ2n) is 22.7. The Balaban J connectivity index is 0.980. The average molecular weight is 953 g/mol. The molecule has 15 rings (SSSR count). The lowest BCUT2D eigenvalue weighted by Crippen LogP contribution is -2.45. The van der Waals surface area contributed by atoms with E-state index in [9.17, 15) is 0 Å². The molecule has 2 aliphatic heterocycles. The van der Waals surface area contributed by atoms with Gasteiger partial charge in [-0.05, 0) is 211 Å². The van der Waals surface area contributed by atoms with Crippen LogP contribution < -0.4 is 9.80 Å².